The van der Waals surface area contributed by atoms with Crippen molar-refractivity contribution in [3.05, 3.63) is 0 Å². The van der Waals surface area contributed by atoms with Crippen LogP contribution in [0.4, 0.5) is 0 Å². The van der Waals surface area contributed by atoms with Gasteiger partial charge in [0.05, 0.1) is 0 Å². The van der Waals surface area contributed by atoms with Gasteiger partial charge < -0.3 is 5.11 Å². The van der Waals surface area contributed by atoms with Crippen molar-refractivity contribution in [2.75, 3.05) is 12.3 Å². The molecule has 2 fully saturated rings. The highest BCUT2D eigenvalue weighted by Crippen LogP contribution is 2.32. The average Bonchev–Trinajstić information content (AvgIpc) is 2.54. The van der Waals surface area contributed by atoms with Gasteiger partial charge in [0.25, 0.3) is 0 Å². The van der Waals surface area contributed by atoms with Gasteiger partial charge in [-0.15, -0.1) is 0 Å². The number of likely N-dealkylation sites (tertiary alicyclic amines) is 1. The van der Waals surface area contributed by atoms with E-state index in [-0.39, 0.29) is 6.04 Å². The Morgan fingerprint density at radius 3 is 2.81 bits per heavy atom. The minimum atomic E-state index is -0.619. The average molecular weight is 243 g/mol. The maximum Gasteiger partial charge on any atom is 0.320 e. The van der Waals surface area contributed by atoms with Crippen molar-refractivity contribution >= 4 is 17.7 Å². The first-order valence-corrected chi connectivity index (χ1v) is 7.33. The molecule has 3 nitrogen and oxygen atoms in total. The molecule has 0 radical (unpaired) electrons. The molecule has 0 aliphatic carbocycles. The number of thioether (sulfide) groups is 1. The summed E-state index contributed by atoms with van der Waals surface area (Å²) < 4.78 is 0. The second kappa shape index (κ2) is 5.41. The summed E-state index contributed by atoms with van der Waals surface area (Å²) in [6, 6.07) is 0.276. The first-order valence-electron chi connectivity index (χ1n) is 6.28. The second-order valence-corrected chi connectivity index (χ2v) is 6.45. The van der Waals surface area contributed by atoms with Crippen LogP contribution in [0.15, 0.2) is 0 Å². The number of carboxylic acid groups (broad SMARTS) is 1. The van der Waals surface area contributed by atoms with Gasteiger partial charge in [-0.1, -0.05) is 19.8 Å². The van der Waals surface area contributed by atoms with Crippen LogP contribution in [-0.4, -0.2) is 45.6 Å². The summed E-state index contributed by atoms with van der Waals surface area (Å²) in [5, 5.41) is 10.0. The molecule has 16 heavy (non-hydrogen) atoms. The zero-order valence-corrected chi connectivity index (χ0v) is 10.7. The van der Waals surface area contributed by atoms with Crippen LogP contribution >= 0.6 is 11.8 Å². The molecule has 0 amide bonds. The van der Waals surface area contributed by atoms with Gasteiger partial charge in [0, 0.05) is 17.0 Å². The smallest absolute Gasteiger partial charge is 0.320 e. The fraction of sp³-hybridized carbons (Fsp3) is 0.917. The van der Waals surface area contributed by atoms with Gasteiger partial charge in [0.2, 0.25) is 0 Å². The molecule has 0 spiro atoms. The Bertz CT molecular complexity index is 259. The highest BCUT2D eigenvalue weighted by Gasteiger charge is 2.35. The van der Waals surface area contributed by atoms with Gasteiger partial charge in [-0.2, -0.15) is 11.8 Å². The summed E-state index contributed by atoms with van der Waals surface area (Å²) >= 11 is 1.98. The Morgan fingerprint density at radius 2 is 2.19 bits per heavy atom. The van der Waals surface area contributed by atoms with Crippen molar-refractivity contribution in [1.29, 1.82) is 0 Å². The molecule has 1 N–H and O–H groups in total. The summed E-state index contributed by atoms with van der Waals surface area (Å²) in [4.78, 5) is 13.6. The van der Waals surface area contributed by atoms with Gasteiger partial charge in [-0.25, -0.2) is 0 Å². The van der Waals surface area contributed by atoms with Gasteiger partial charge in [-0.05, 0) is 25.8 Å². The Kier molecular flexibility index (Phi) is 4.14. The van der Waals surface area contributed by atoms with Gasteiger partial charge in [-0.3, -0.25) is 9.69 Å². The van der Waals surface area contributed by atoms with Crippen molar-refractivity contribution in [3.8, 4) is 0 Å². The molecule has 2 rings (SSSR count). The number of aliphatic carboxylic acids is 1. The van der Waals surface area contributed by atoms with Crippen LogP contribution < -0.4 is 0 Å². The normalized spacial score (nSPS) is 37.2. The molecule has 0 bridgehead atoms. The lowest BCUT2D eigenvalue weighted by molar-refractivity contribution is -0.144. The summed E-state index contributed by atoms with van der Waals surface area (Å²) in [6.07, 6.45) is 5.43. The van der Waals surface area contributed by atoms with Crippen LogP contribution in [0.5, 0.6) is 0 Å². The van der Waals surface area contributed by atoms with Crippen molar-refractivity contribution in [1.82, 2.24) is 4.90 Å². The topological polar surface area (TPSA) is 40.5 Å². The number of nitrogens with zero attached hydrogens (tertiary/aromatic N) is 1. The SMILES string of the molecule is CC1CC(N2CCCCCC2C(=O)O)CS1. The first kappa shape index (κ1) is 12.2. The Balaban J connectivity index is 2.05. The van der Waals surface area contributed by atoms with Crippen molar-refractivity contribution in [2.45, 2.75) is 56.4 Å². The predicted molar refractivity (Wildman–Crippen MR) is 66.9 cm³/mol. The molecular formula is C12H21NO2S. The van der Waals surface area contributed by atoms with E-state index in [1.165, 1.54) is 12.8 Å². The minimum absolute atomic E-state index is 0.224. The van der Waals surface area contributed by atoms with Crippen molar-refractivity contribution in [3.63, 3.8) is 0 Å². The highest BCUT2D eigenvalue weighted by atomic mass is 32.2. The molecule has 2 heterocycles. The molecule has 0 aromatic heterocycles. The maximum atomic E-state index is 11.3. The monoisotopic (exact) mass is 243 g/mol. The second-order valence-electron chi connectivity index (χ2n) is 4.97. The molecule has 3 atom stereocenters. The number of carbonyl (C=O) groups is 1. The van der Waals surface area contributed by atoms with Crippen LogP contribution in [0.1, 0.15) is 39.0 Å². The Hall–Kier alpha value is -0.220. The van der Waals surface area contributed by atoms with Gasteiger partial charge >= 0.3 is 5.97 Å². The lowest BCUT2D eigenvalue weighted by atomic mass is 10.1. The molecule has 3 unspecified atom stereocenters. The fourth-order valence-corrected chi connectivity index (χ4v) is 4.10. The van der Waals surface area contributed by atoms with E-state index in [4.69, 9.17) is 0 Å². The van der Waals surface area contributed by atoms with Gasteiger partial charge in [0.1, 0.15) is 6.04 Å². The van der Waals surface area contributed by atoms with E-state index in [1.54, 1.807) is 0 Å². The minimum Gasteiger partial charge on any atom is -0.480 e. The predicted octanol–water partition coefficient (Wildman–Crippen LogP) is 2.21. The third-order valence-corrected chi connectivity index (χ3v) is 5.06. The molecule has 92 valence electrons. The van der Waals surface area contributed by atoms with Crippen LogP contribution in [0, 0.1) is 0 Å². The van der Waals surface area contributed by atoms with E-state index >= 15 is 0 Å². The molecule has 2 aliphatic rings. The van der Waals surface area contributed by atoms with E-state index in [9.17, 15) is 9.90 Å². The van der Waals surface area contributed by atoms with Crippen molar-refractivity contribution in [2.24, 2.45) is 0 Å². The van der Waals surface area contributed by atoms with Crippen LogP contribution in [-0.2, 0) is 4.79 Å². The lowest BCUT2D eigenvalue weighted by Gasteiger charge is -2.32. The van der Waals surface area contributed by atoms with E-state index in [2.05, 4.69) is 11.8 Å². The maximum absolute atomic E-state index is 11.3. The summed E-state index contributed by atoms with van der Waals surface area (Å²) in [7, 11) is 0. The van der Waals surface area contributed by atoms with E-state index in [0.717, 1.165) is 31.6 Å². The van der Waals surface area contributed by atoms with E-state index < -0.39 is 5.97 Å². The molecule has 0 saturated carbocycles. The molecule has 0 aromatic carbocycles. The van der Waals surface area contributed by atoms with Crippen molar-refractivity contribution < 1.29 is 9.90 Å². The first-order chi connectivity index (χ1) is 7.68. The Labute approximate surface area is 102 Å². The highest BCUT2D eigenvalue weighted by molar-refractivity contribution is 8.00. The summed E-state index contributed by atoms with van der Waals surface area (Å²) in [6.45, 7) is 3.23. The third-order valence-electron chi connectivity index (χ3n) is 3.73. The van der Waals surface area contributed by atoms with Gasteiger partial charge in [0.15, 0.2) is 0 Å². The molecule has 2 saturated heterocycles. The summed E-state index contributed by atoms with van der Waals surface area (Å²) in [5.41, 5.74) is 0. The lowest BCUT2D eigenvalue weighted by Crippen LogP contribution is -2.47. The number of rotatable bonds is 2. The molecule has 2 aliphatic heterocycles. The molecule has 0 aromatic rings. The third kappa shape index (κ3) is 2.72. The molecular weight excluding hydrogens is 222 g/mol. The number of hydrogen-bond acceptors (Lipinski definition) is 3. The van der Waals surface area contributed by atoms with E-state index in [0.29, 0.717) is 11.3 Å². The number of carboxylic acids is 1. The largest absolute Gasteiger partial charge is 0.480 e. The zero-order valence-electron chi connectivity index (χ0n) is 9.89. The fourth-order valence-electron chi connectivity index (χ4n) is 2.86. The zero-order chi connectivity index (χ0) is 11.5. The summed E-state index contributed by atoms with van der Waals surface area (Å²) in [5.74, 6) is 0.497. The van der Waals surface area contributed by atoms with Crippen LogP contribution in [0.2, 0.25) is 0 Å². The van der Waals surface area contributed by atoms with Crippen LogP contribution in [0.3, 0.4) is 0 Å². The standard InChI is InChI=1S/C12H21NO2S/c1-9-7-10(8-16-9)13-6-4-2-3-5-11(13)12(14)15/h9-11H,2-8H2,1H3,(H,14,15). The van der Waals surface area contributed by atoms with E-state index in [1.807, 2.05) is 11.8 Å². The molecule has 4 heteroatoms. The Morgan fingerprint density at radius 1 is 1.38 bits per heavy atom. The van der Waals surface area contributed by atoms with Crippen LogP contribution in [0.25, 0.3) is 0 Å². The quantitative estimate of drug-likeness (QED) is 0.807. The number of hydrogen-bond donors (Lipinski definition) is 1.